The van der Waals surface area contributed by atoms with Crippen LogP contribution in [0.2, 0.25) is 0 Å². The smallest absolute Gasteiger partial charge is 0.202 e. The van der Waals surface area contributed by atoms with Gasteiger partial charge in [-0.15, -0.1) is 0 Å². The monoisotopic (exact) mass is 227 g/mol. The van der Waals surface area contributed by atoms with Gasteiger partial charge in [0.05, 0.1) is 0 Å². The van der Waals surface area contributed by atoms with Crippen molar-refractivity contribution in [1.82, 2.24) is 9.55 Å². The molecular formula is C11H21N3S. The Labute approximate surface area is 96.7 Å². The molecule has 0 atom stereocenters. The summed E-state index contributed by atoms with van der Waals surface area (Å²) in [6.45, 7) is 4.24. The molecule has 0 amide bonds. The van der Waals surface area contributed by atoms with Gasteiger partial charge in [0.25, 0.3) is 0 Å². The first kappa shape index (κ1) is 12.4. The van der Waals surface area contributed by atoms with Crippen molar-refractivity contribution in [1.29, 1.82) is 0 Å². The largest absolute Gasteiger partial charge is 0.356 e. The molecule has 0 radical (unpaired) electrons. The van der Waals surface area contributed by atoms with Crippen LogP contribution < -0.4 is 5.32 Å². The quantitative estimate of drug-likeness (QED) is 0.693. The molecule has 0 aromatic carbocycles. The highest BCUT2D eigenvalue weighted by molar-refractivity contribution is 7.98. The van der Waals surface area contributed by atoms with E-state index < -0.39 is 0 Å². The Balaban J connectivity index is 2.29. The summed E-state index contributed by atoms with van der Waals surface area (Å²) in [5.74, 6) is 2.27. The van der Waals surface area contributed by atoms with E-state index in [0.717, 1.165) is 25.5 Å². The number of thioether (sulfide) groups is 1. The minimum Gasteiger partial charge on any atom is -0.356 e. The number of hydrogen-bond acceptors (Lipinski definition) is 3. The van der Waals surface area contributed by atoms with Crippen LogP contribution in [0.5, 0.6) is 0 Å². The zero-order valence-corrected chi connectivity index (χ0v) is 10.5. The molecule has 1 aromatic heterocycles. The van der Waals surface area contributed by atoms with Gasteiger partial charge >= 0.3 is 0 Å². The van der Waals surface area contributed by atoms with Crippen molar-refractivity contribution in [2.24, 2.45) is 0 Å². The average Bonchev–Trinajstić information content (AvgIpc) is 2.69. The number of unbranched alkanes of at least 4 members (excludes halogenated alkanes) is 1. The molecule has 86 valence electrons. The Morgan fingerprint density at radius 3 is 3.07 bits per heavy atom. The maximum atomic E-state index is 4.30. The van der Waals surface area contributed by atoms with Crippen LogP contribution in [0.4, 0.5) is 5.95 Å². The van der Waals surface area contributed by atoms with E-state index in [1.54, 1.807) is 0 Å². The topological polar surface area (TPSA) is 29.9 Å². The lowest BCUT2D eigenvalue weighted by Gasteiger charge is -2.08. The molecule has 0 aliphatic carbocycles. The van der Waals surface area contributed by atoms with E-state index in [1.807, 2.05) is 18.0 Å². The fraction of sp³-hybridized carbons (Fsp3) is 0.727. The number of nitrogens with one attached hydrogen (secondary N) is 1. The van der Waals surface area contributed by atoms with Crippen molar-refractivity contribution >= 4 is 17.7 Å². The summed E-state index contributed by atoms with van der Waals surface area (Å²) in [6, 6.07) is 0. The van der Waals surface area contributed by atoms with Gasteiger partial charge in [0.15, 0.2) is 0 Å². The zero-order valence-electron chi connectivity index (χ0n) is 9.70. The second kappa shape index (κ2) is 7.63. The predicted octanol–water partition coefficient (Wildman–Crippen LogP) is 2.85. The van der Waals surface area contributed by atoms with Crippen LogP contribution in [-0.2, 0) is 6.54 Å². The lowest BCUT2D eigenvalue weighted by Crippen LogP contribution is -2.08. The van der Waals surface area contributed by atoms with Crippen LogP contribution in [0.1, 0.15) is 26.2 Å². The molecule has 0 fully saturated rings. The van der Waals surface area contributed by atoms with Gasteiger partial charge in [0.1, 0.15) is 0 Å². The first-order chi connectivity index (χ1) is 7.38. The summed E-state index contributed by atoms with van der Waals surface area (Å²) in [7, 11) is 0. The summed E-state index contributed by atoms with van der Waals surface area (Å²) < 4.78 is 2.20. The van der Waals surface area contributed by atoms with Crippen LogP contribution in [0, 0.1) is 0 Å². The van der Waals surface area contributed by atoms with Crippen LogP contribution in [-0.4, -0.2) is 28.1 Å². The molecule has 4 heteroatoms. The fourth-order valence-corrected chi connectivity index (χ4v) is 1.91. The molecule has 0 spiro atoms. The third-order valence-corrected chi connectivity index (χ3v) is 2.94. The highest BCUT2D eigenvalue weighted by Crippen LogP contribution is 2.07. The third kappa shape index (κ3) is 4.60. The SMILES string of the molecule is CCCNc1nccn1CCCCSC. The molecule has 0 unspecified atom stereocenters. The fourth-order valence-electron chi connectivity index (χ4n) is 1.42. The molecule has 15 heavy (non-hydrogen) atoms. The molecule has 0 saturated heterocycles. The molecular weight excluding hydrogens is 206 g/mol. The Morgan fingerprint density at radius 2 is 2.33 bits per heavy atom. The molecule has 3 nitrogen and oxygen atoms in total. The van der Waals surface area contributed by atoms with Crippen molar-refractivity contribution in [3.63, 3.8) is 0 Å². The standard InChI is InChI=1S/C11H21N3S/c1-3-6-12-11-13-7-9-14(11)8-4-5-10-15-2/h7,9H,3-6,8,10H2,1-2H3,(H,12,13). The van der Waals surface area contributed by atoms with E-state index in [1.165, 1.54) is 18.6 Å². The van der Waals surface area contributed by atoms with E-state index in [-0.39, 0.29) is 0 Å². The minimum absolute atomic E-state index is 1.00. The number of aromatic nitrogens is 2. The first-order valence-corrected chi connectivity index (χ1v) is 7.01. The molecule has 1 rings (SSSR count). The van der Waals surface area contributed by atoms with Gasteiger partial charge in [0, 0.05) is 25.5 Å². The van der Waals surface area contributed by atoms with Gasteiger partial charge in [0.2, 0.25) is 5.95 Å². The molecule has 0 bridgehead atoms. The summed E-state index contributed by atoms with van der Waals surface area (Å²) >= 11 is 1.92. The molecule has 0 aliphatic heterocycles. The number of imidazole rings is 1. The van der Waals surface area contributed by atoms with Gasteiger partial charge in [-0.25, -0.2) is 4.98 Å². The molecule has 1 N–H and O–H groups in total. The summed E-state index contributed by atoms with van der Waals surface area (Å²) in [5, 5.41) is 3.33. The first-order valence-electron chi connectivity index (χ1n) is 5.62. The number of nitrogens with zero attached hydrogens (tertiary/aromatic N) is 2. The third-order valence-electron chi connectivity index (χ3n) is 2.25. The summed E-state index contributed by atoms with van der Waals surface area (Å²) in [5.41, 5.74) is 0. The number of aryl methyl sites for hydroxylation is 1. The summed E-state index contributed by atoms with van der Waals surface area (Å²) in [6.07, 6.45) is 9.74. The Kier molecular flexibility index (Phi) is 6.32. The molecule has 1 aromatic rings. The zero-order chi connectivity index (χ0) is 10.9. The number of rotatable bonds is 8. The van der Waals surface area contributed by atoms with E-state index in [9.17, 15) is 0 Å². The lowest BCUT2D eigenvalue weighted by molar-refractivity contribution is 0.638. The van der Waals surface area contributed by atoms with Crippen molar-refractivity contribution in [3.8, 4) is 0 Å². The molecule has 0 aliphatic rings. The highest BCUT2D eigenvalue weighted by Gasteiger charge is 2.00. The van der Waals surface area contributed by atoms with Crippen molar-refractivity contribution in [2.45, 2.75) is 32.7 Å². The maximum Gasteiger partial charge on any atom is 0.202 e. The van der Waals surface area contributed by atoms with Crippen molar-refractivity contribution in [2.75, 3.05) is 23.9 Å². The molecule has 0 saturated carbocycles. The Hall–Kier alpha value is -0.640. The normalized spacial score (nSPS) is 10.5. The lowest BCUT2D eigenvalue weighted by atomic mass is 10.3. The van der Waals surface area contributed by atoms with Gasteiger partial charge in [-0.05, 0) is 31.3 Å². The van der Waals surface area contributed by atoms with Gasteiger partial charge < -0.3 is 9.88 Å². The van der Waals surface area contributed by atoms with E-state index in [0.29, 0.717) is 0 Å². The Morgan fingerprint density at radius 1 is 1.47 bits per heavy atom. The van der Waals surface area contributed by atoms with Crippen LogP contribution in [0.3, 0.4) is 0 Å². The van der Waals surface area contributed by atoms with Crippen LogP contribution >= 0.6 is 11.8 Å². The van der Waals surface area contributed by atoms with Gasteiger partial charge in [-0.3, -0.25) is 0 Å². The van der Waals surface area contributed by atoms with Crippen molar-refractivity contribution in [3.05, 3.63) is 12.4 Å². The van der Waals surface area contributed by atoms with E-state index in [4.69, 9.17) is 0 Å². The highest BCUT2D eigenvalue weighted by atomic mass is 32.2. The van der Waals surface area contributed by atoms with E-state index in [2.05, 4.69) is 34.2 Å². The second-order valence-electron chi connectivity index (χ2n) is 3.57. The number of anilines is 1. The van der Waals surface area contributed by atoms with E-state index >= 15 is 0 Å². The second-order valence-corrected chi connectivity index (χ2v) is 4.56. The van der Waals surface area contributed by atoms with Gasteiger partial charge in [-0.1, -0.05) is 6.92 Å². The van der Waals surface area contributed by atoms with Crippen molar-refractivity contribution < 1.29 is 0 Å². The van der Waals surface area contributed by atoms with Gasteiger partial charge in [-0.2, -0.15) is 11.8 Å². The molecule has 1 heterocycles. The average molecular weight is 227 g/mol. The minimum atomic E-state index is 1.00. The predicted molar refractivity (Wildman–Crippen MR) is 68.6 cm³/mol. The maximum absolute atomic E-state index is 4.30. The van der Waals surface area contributed by atoms with Crippen LogP contribution in [0.25, 0.3) is 0 Å². The number of hydrogen-bond donors (Lipinski definition) is 1. The van der Waals surface area contributed by atoms with Crippen LogP contribution in [0.15, 0.2) is 12.4 Å². The Bertz CT molecular complexity index is 260. The summed E-state index contributed by atoms with van der Waals surface area (Å²) in [4.78, 5) is 4.30.